The molecular formula is C25H24N4OS. The molecule has 0 saturated heterocycles. The van der Waals surface area contributed by atoms with Crippen LogP contribution < -0.4 is 5.32 Å². The van der Waals surface area contributed by atoms with E-state index in [4.69, 9.17) is 4.98 Å². The summed E-state index contributed by atoms with van der Waals surface area (Å²) in [6.07, 6.45) is 9.56. The highest BCUT2D eigenvalue weighted by molar-refractivity contribution is 7.14. The zero-order valence-electron chi connectivity index (χ0n) is 17.2. The second-order valence-corrected chi connectivity index (χ2v) is 8.81. The third-order valence-electron chi connectivity index (χ3n) is 5.89. The van der Waals surface area contributed by atoms with Crippen molar-refractivity contribution in [1.82, 2.24) is 14.5 Å². The second-order valence-electron chi connectivity index (χ2n) is 7.95. The van der Waals surface area contributed by atoms with E-state index < -0.39 is 0 Å². The summed E-state index contributed by atoms with van der Waals surface area (Å²) in [4.78, 5) is 21.6. The summed E-state index contributed by atoms with van der Waals surface area (Å²) >= 11 is 1.50. The topological polar surface area (TPSA) is 59.8 Å². The number of anilines is 1. The van der Waals surface area contributed by atoms with Gasteiger partial charge in [-0.15, -0.1) is 11.3 Å². The average Bonchev–Trinajstić information content (AvgIpc) is 3.53. The summed E-state index contributed by atoms with van der Waals surface area (Å²) in [5.74, 6) is 0.292. The molecule has 156 valence electrons. The smallest absolute Gasteiger partial charge is 0.274 e. The van der Waals surface area contributed by atoms with E-state index in [-0.39, 0.29) is 5.91 Å². The van der Waals surface area contributed by atoms with Gasteiger partial charge in [0.1, 0.15) is 5.69 Å². The van der Waals surface area contributed by atoms with Gasteiger partial charge in [0.15, 0.2) is 5.13 Å². The first-order valence-electron chi connectivity index (χ1n) is 10.6. The van der Waals surface area contributed by atoms with Crippen LogP contribution in [0.15, 0.2) is 72.5 Å². The highest BCUT2D eigenvalue weighted by atomic mass is 32.1. The minimum atomic E-state index is -0.107. The van der Waals surface area contributed by atoms with Crippen molar-refractivity contribution < 1.29 is 4.79 Å². The normalized spacial score (nSPS) is 13.3. The van der Waals surface area contributed by atoms with Crippen LogP contribution in [0.4, 0.5) is 5.13 Å². The van der Waals surface area contributed by atoms with Crippen LogP contribution in [0.1, 0.15) is 45.2 Å². The third-order valence-corrected chi connectivity index (χ3v) is 6.66. The molecule has 0 aliphatic heterocycles. The molecule has 6 heteroatoms. The summed E-state index contributed by atoms with van der Waals surface area (Å²) in [5, 5.41) is 5.75. The van der Waals surface area contributed by atoms with Crippen LogP contribution in [0, 0.1) is 0 Å². The van der Waals surface area contributed by atoms with Gasteiger partial charge in [0.05, 0.1) is 5.69 Å². The van der Waals surface area contributed by atoms with E-state index in [2.05, 4.69) is 39.9 Å². The van der Waals surface area contributed by atoms with Gasteiger partial charge in [-0.25, -0.2) is 4.98 Å². The molecule has 0 atom stereocenters. The van der Waals surface area contributed by atoms with Gasteiger partial charge < -0.3 is 4.57 Å². The first kappa shape index (κ1) is 19.7. The number of thiazole rings is 1. The van der Waals surface area contributed by atoms with E-state index in [1.807, 2.05) is 47.4 Å². The summed E-state index contributed by atoms with van der Waals surface area (Å²) < 4.78 is 2.01. The average molecular weight is 429 g/mol. The molecule has 4 aromatic rings. The molecule has 1 aliphatic carbocycles. The lowest BCUT2D eigenvalue weighted by Crippen LogP contribution is -2.17. The van der Waals surface area contributed by atoms with Gasteiger partial charge in [0.25, 0.3) is 5.91 Å². The largest absolute Gasteiger partial charge is 0.344 e. The second kappa shape index (κ2) is 8.86. The Morgan fingerprint density at radius 1 is 1.06 bits per heavy atom. The zero-order chi connectivity index (χ0) is 21.0. The number of hydrogen-bond donors (Lipinski definition) is 1. The summed E-state index contributed by atoms with van der Waals surface area (Å²) in [6.45, 7) is 0.793. The predicted octanol–water partition coefficient (Wildman–Crippen LogP) is 5.11. The minimum absolute atomic E-state index is 0.107. The lowest BCUT2D eigenvalue weighted by atomic mass is 10.0. The van der Waals surface area contributed by atoms with Crippen molar-refractivity contribution >= 4 is 22.4 Å². The van der Waals surface area contributed by atoms with E-state index in [0.29, 0.717) is 16.7 Å². The zero-order valence-corrected chi connectivity index (χ0v) is 18.0. The van der Waals surface area contributed by atoms with E-state index in [1.54, 1.807) is 0 Å². The Kier molecular flexibility index (Phi) is 5.63. The summed E-state index contributed by atoms with van der Waals surface area (Å²) in [7, 11) is 0. The number of nitrogens with zero attached hydrogens (tertiary/aromatic N) is 3. The molecule has 3 aromatic heterocycles. The maximum atomic E-state index is 12.9. The van der Waals surface area contributed by atoms with E-state index in [0.717, 1.165) is 37.9 Å². The van der Waals surface area contributed by atoms with E-state index in [1.165, 1.54) is 28.0 Å². The number of pyridine rings is 1. The number of fused-ring (bicyclic) bond motifs is 1. The third kappa shape index (κ3) is 4.44. The summed E-state index contributed by atoms with van der Waals surface area (Å²) in [5.41, 5.74) is 5.83. The fourth-order valence-corrected chi connectivity index (χ4v) is 5.07. The number of nitrogens with one attached hydrogen (secondary N) is 1. The number of hydrogen-bond acceptors (Lipinski definition) is 4. The van der Waals surface area contributed by atoms with Crippen molar-refractivity contribution in [3.05, 3.63) is 101 Å². The molecule has 0 radical (unpaired) electrons. The molecule has 1 aromatic carbocycles. The first-order chi connectivity index (χ1) is 15.3. The van der Waals surface area contributed by atoms with Crippen LogP contribution in [0.5, 0.6) is 0 Å². The van der Waals surface area contributed by atoms with Crippen molar-refractivity contribution in [3.8, 4) is 0 Å². The van der Waals surface area contributed by atoms with Gasteiger partial charge >= 0.3 is 0 Å². The number of carbonyl (C=O) groups excluding carboxylic acids is 1. The molecule has 0 spiro atoms. The fourth-order valence-electron chi connectivity index (χ4n) is 4.28. The molecule has 31 heavy (non-hydrogen) atoms. The Labute approximate surface area is 185 Å². The molecule has 1 amide bonds. The number of carbonyl (C=O) groups is 1. The SMILES string of the molecule is O=C(Nc1nc(C2Cc3ccccc3C2)cs1)c1cccn1CCCc1ccncc1. The summed E-state index contributed by atoms with van der Waals surface area (Å²) in [6, 6.07) is 16.5. The van der Waals surface area contributed by atoms with Crippen molar-refractivity contribution in [1.29, 1.82) is 0 Å². The minimum Gasteiger partial charge on any atom is -0.344 e. The molecule has 0 bridgehead atoms. The maximum Gasteiger partial charge on any atom is 0.274 e. The quantitative estimate of drug-likeness (QED) is 0.445. The number of benzene rings is 1. The molecule has 3 heterocycles. The van der Waals surface area contributed by atoms with Crippen LogP contribution in [-0.4, -0.2) is 20.4 Å². The van der Waals surface area contributed by atoms with Crippen LogP contribution in [0.2, 0.25) is 0 Å². The van der Waals surface area contributed by atoms with Crippen molar-refractivity contribution in [2.24, 2.45) is 0 Å². The van der Waals surface area contributed by atoms with Gasteiger partial charge in [-0.3, -0.25) is 15.1 Å². The van der Waals surface area contributed by atoms with Crippen LogP contribution in [0.3, 0.4) is 0 Å². The van der Waals surface area contributed by atoms with Gasteiger partial charge in [-0.1, -0.05) is 24.3 Å². The van der Waals surface area contributed by atoms with Gasteiger partial charge in [0, 0.05) is 36.4 Å². The number of aryl methyl sites for hydroxylation is 2. The standard InChI is InChI=1S/C25H24N4OS/c30-24(23-8-4-14-29(23)13-3-5-18-9-11-26-12-10-18)28-25-27-22(17-31-25)21-15-19-6-1-2-7-20(19)16-21/h1-2,4,6-12,14,17,21H,3,5,13,15-16H2,(H,27,28,30). The molecule has 5 nitrogen and oxygen atoms in total. The lowest BCUT2D eigenvalue weighted by molar-refractivity contribution is 0.101. The number of rotatable bonds is 7. The van der Waals surface area contributed by atoms with Gasteiger partial charge in [0.2, 0.25) is 0 Å². The van der Waals surface area contributed by atoms with Crippen molar-refractivity contribution in [2.75, 3.05) is 5.32 Å². The molecule has 0 fully saturated rings. The Hall–Kier alpha value is -3.25. The molecule has 5 rings (SSSR count). The predicted molar refractivity (Wildman–Crippen MR) is 124 cm³/mol. The lowest BCUT2D eigenvalue weighted by Gasteiger charge is -2.09. The molecular weight excluding hydrogens is 404 g/mol. The van der Waals surface area contributed by atoms with Crippen molar-refractivity contribution in [2.45, 2.75) is 38.1 Å². The maximum absolute atomic E-state index is 12.9. The number of amides is 1. The monoisotopic (exact) mass is 428 g/mol. The van der Waals surface area contributed by atoms with E-state index in [9.17, 15) is 4.79 Å². The van der Waals surface area contributed by atoms with Crippen LogP contribution >= 0.6 is 11.3 Å². The van der Waals surface area contributed by atoms with Crippen LogP contribution in [0.25, 0.3) is 0 Å². The Morgan fingerprint density at radius 3 is 2.61 bits per heavy atom. The van der Waals surface area contributed by atoms with E-state index >= 15 is 0 Å². The highest BCUT2D eigenvalue weighted by Gasteiger charge is 2.25. The van der Waals surface area contributed by atoms with Crippen LogP contribution in [-0.2, 0) is 25.8 Å². The Bertz CT molecular complexity index is 1160. The fraction of sp³-hybridized carbons (Fsp3) is 0.240. The molecule has 1 aliphatic rings. The first-order valence-corrected chi connectivity index (χ1v) is 11.5. The number of aromatic nitrogens is 3. The van der Waals surface area contributed by atoms with Crippen molar-refractivity contribution in [3.63, 3.8) is 0 Å². The molecule has 0 saturated carbocycles. The molecule has 0 unspecified atom stereocenters. The highest BCUT2D eigenvalue weighted by Crippen LogP contribution is 2.35. The Morgan fingerprint density at radius 2 is 1.84 bits per heavy atom. The molecule has 1 N–H and O–H groups in total. The Balaban J connectivity index is 1.19. The van der Waals surface area contributed by atoms with Gasteiger partial charge in [-0.05, 0) is 66.6 Å². The van der Waals surface area contributed by atoms with Gasteiger partial charge in [-0.2, -0.15) is 0 Å².